The van der Waals surface area contributed by atoms with Gasteiger partial charge in [0.2, 0.25) is 0 Å². The van der Waals surface area contributed by atoms with E-state index in [1.165, 1.54) is 84.0 Å². The van der Waals surface area contributed by atoms with Crippen molar-refractivity contribution in [1.29, 1.82) is 0 Å². The van der Waals surface area contributed by atoms with Crippen LogP contribution in [0.3, 0.4) is 0 Å². The Morgan fingerprint density at radius 1 is 1.05 bits per heavy atom. The molecule has 1 aliphatic heterocycles. The number of unbranched alkanes of at least 4 members (excludes halogenated alkanes) is 6. The third kappa shape index (κ3) is 8.97. The summed E-state index contributed by atoms with van der Waals surface area (Å²) in [5.41, 5.74) is 0. The fourth-order valence-electron chi connectivity index (χ4n) is 3.29. The second kappa shape index (κ2) is 11.6. The Morgan fingerprint density at radius 3 is 2.35 bits per heavy atom. The van der Waals surface area contributed by atoms with Crippen LogP contribution in [-0.4, -0.2) is 37.1 Å². The first-order valence-electron chi connectivity index (χ1n) is 9.18. The third-order valence-electron chi connectivity index (χ3n) is 4.34. The summed E-state index contributed by atoms with van der Waals surface area (Å²) < 4.78 is 0. The second-order valence-corrected chi connectivity index (χ2v) is 7.07. The van der Waals surface area contributed by atoms with Crippen LogP contribution < -0.4 is 5.32 Å². The Bertz CT molecular complexity index is 209. The van der Waals surface area contributed by atoms with Gasteiger partial charge in [0, 0.05) is 19.1 Å². The minimum Gasteiger partial charge on any atom is -0.313 e. The highest BCUT2D eigenvalue weighted by Gasteiger charge is 2.18. The first-order valence-corrected chi connectivity index (χ1v) is 9.18. The van der Waals surface area contributed by atoms with Gasteiger partial charge in [-0.15, -0.1) is 0 Å². The SMILES string of the molecule is CCCCCCCCCN(CC(C)C)CC1CCCN1. The molecule has 20 heavy (non-hydrogen) atoms. The van der Waals surface area contributed by atoms with Crippen molar-refractivity contribution in [2.75, 3.05) is 26.2 Å². The smallest absolute Gasteiger partial charge is 0.0195 e. The molecule has 0 amide bonds. The maximum absolute atomic E-state index is 3.64. The van der Waals surface area contributed by atoms with Crippen LogP contribution in [0.2, 0.25) is 0 Å². The summed E-state index contributed by atoms with van der Waals surface area (Å²) in [6.45, 7) is 12.1. The van der Waals surface area contributed by atoms with Crippen LogP contribution in [0.25, 0.3) is 0 Å². The van der Waals surface area contributed by atoms with Crippen LogP contribution in [0.1, 0.15) is 78.6 Å². The van der Waals surface area contributed by atoms with Crippen LogP contribution in [-0.2, 0) is 0 Å². The minimum absolute atomic E-state index is 0.762. The van der Waals surface area contributed by atoms with Gasteiger partial charge in [-0.05, 0) is 38.3 Å². The fraction of sp³-hybridized carbons (Fsp3) is 1.00. The van der Waals surface area contributed by atoms with Gasteiger partial charge in [0.25, 0.3) is 0 Å². The molecule has 1 heterocycles. The average Bonchev–Trinajstić information content (AvgIpc) is 2.89. The average molecular weight is 283 g/mol. The zero-order valence-corrected chi connectivity index (χ0v) is 14.3. The number of nitrogens with one attached hydrogen (secondary N) is 1. The molecular formula is C18H38N2. The molecule has 120 valence electrons. The van der Waals surface area contributed by atoms with E-state index in [4.69, 9.17) is 0 Å². The van der Waals surface area contributed by atoms with E-state index in [9.17, 15) is 0 Å². The van der Waals surface area contributed by atoms with E-state index in [1.807, 2.05) is 0 Å². The van der Waals surface area contributed by atoms with Gasteiger partial charge in [0.1, 0.15) is 0 Å². The molecule has 1 rings (SSSR count). The quantitative estimate of drug-likeness (QED) is 0.532. The number of nitrogens with zero attached hydrogens (tertiary/aromatic N) is 1. The minimum atomic E-state index is 0.762. The molecule has 0 aliphatic carbocycles. The first-order chi connectivity index (χ1) is 9.72. The van der Waals surface area contributed by atoms with Crippen LogP contribution in [0, 0.1) is 5.92 Å². The van der Waals surface area contributed by atoms with Crippen LogP contribution in [0.4, 0.5) is 0 Å². The van der Waals surface area contributed by atoms with Crippen molar-refractivity contribution in [3.05, 3.63) is 0 Å². The van der Waals surface area contributed by atoms with Gasteiger partial charge in [-0.1, -0.05) is 59.3 Å². The third-order valence-corrected chi connectivity index (χ3v) is 4.34. The van der Waals surface area contributed by atoms with Gasteiger partial charge >= 0.3 is 0 Å². The highest BCUT2D eigenvalue weighted by atomic mass is 15.2. The zero-order chi connectivity index (χ0) is 14.6. The predicted octanol–water partition coefficient (Wildman–Crippen LogP) is 4.45. The maximum Gasteiger partial charge on any atom is 0.0195 e. The topological polar surface area (TPSA) is 15.3 Å². The van der Waals surface area contributed by atoms with Crippen molar-refractivity contribution < 1.29 is 0 Å². The number of hydrogen-bond donors (Lipinski definition) is 1. The highest BCUT2D eigenvalue weighted by Crippen LogP contribution is 2.11. The normalized spacial score (nSPS) is 19.4. The molecule has 1 N–H and O–H groups in total. The van der Waals surface area contributed by atoms with Gasteiger partial charge in [0.05, 0.1) is 0 Å². The van der Waals surface area contributed by atoms with Gasteiger partial charge in [-0.3, -0.25) is 0 Å². The lowest BCUT2D eigenvalue weighted by atomic mass is 10.1. The van der Waals surface area contributed by atoms with E-state index >= 15 is 0 Å². The van der Waals surface area contributed by atoms with E-state index in [-0.39, 0.29) is 0 Å². The van der Waals surface area contributed by atoms with Crippen LogP contribution in [0.15, 0.2) is 0 Å². The van der Waals surface area contributed by atoms with Crippen LogP contribution in [0.5, 0.6) is 0 Å². The van der Waals surface area contributed by atoms with E-state index in [2.05, 4.69) is 31.0 Å². The van der Waals surface area contributed by atoms with Gasteiger partial charge in [0.15, 0.2) is 0 Å². The molecule has 0 saturated carbocycles. The Labute approximate surface area is 127 Å². The zero-order valence-electron chi connectivity index (χ0n) is 14.3. The summed E-state index contributed by atoms with van der Waals surface area (Å²) in [6.07, 6.45) is 12.7. The van der Waals surface area contributed by atoms with Crippen molar-refractivity contribution in [3.63, 3.8) is 0 Å². The Balaban J connectivity index is 2.09. The molecule has 2 heteroatoms. The molecule has 1 atom stereocenters. The lowest BCUT2D eigenvalue weighted by Gasteiger charge is -2.27. The Kier molecular flexibility index (Phi) is 10.4. The summed E-state index contributed by atoms with van der Waals surface area (Å²) in [5, 5.41) is 3.64. The largest absolute Gasteiger partial charge is 0.313 e. The van der Waals surface area contributed by atoms with Gasteiger partial charge in [-0.25, -0.2) is 0 Å². The molecule has 1 fully saturated rings. The summed E-state index contributed by atoms with van der Waals surface area (Å²) in [4.78, 5) is 2.71. The van der Waals surface area contributed by atoms with Crippen molar-refractivity contribution in [1.82, 2.24) is 10.2 Å². The Morgan fingerprint density at radius 2 is 1.75 bits per heavy atom. The maximum atomic E-state index is 3.64. The molecular weight excluding hydrogens is 244 g/mol. The fourth-order valence-corrected chi connectivity index (χ4v) is 3.29. The monoisotopic (exact) mass is 282 g/mol. The molecule has 0 aromatic heterocycles. The van der Waals surface area contributed by atoms with E-state index < -0.39 is 0 Å². The first kappa shape index (κ1) is 18.0. The molecule has 0 spiro atoms. The lowest BCUT2D eigenvalue weighted by molar-refractivity contribution is 0.219. The molecule has 1 aliphatic rings. The highest BCUT2D eigenvalue weighted by molar-refractivity contribution is 4.78. The van der Waals surface area contributed by atoms with Crippen LogP contribution >= 0.6 is 0 Å². The molecule has 0 aromatic carbocycles. The van der Waals surface area contributed by atoms with E-state index in [0.717, 1.165) is 12.0 Å². The lowest BCUT2D eigenvalue weighted by Crippen LogP contribution is -2.39. The summed E-state index contributed by atoms with van der Waals surface area (Å²) in [5.74, 6) is 0.793. The molecule has 2 nitrogen and oxygen atoms in total. The summed E-state index contributed by atoms with van der Waals surface area (Å²) >= 11 is 0. The van der Waals surface area contributed by atoms with Crippen molar-refractivity contribution >= 4 is 0 Å². The molecule has 0 bridgehead atoms. The molecule has 0 radical (unpaired) electrons. The predicted molar refractivity (Wildman–Crippen MR) is 90.3 cm³/mol. The summed E-state index contributed by atoms with van der Waals surface area (Å²) in [7, 11) is 0. The van der Waals surface area contributed by atoms with Crippen molar-refractivity contribution in [2.24, 2.45) is 5.92 Å². The van der Waals surface area contributed by atoms with Gasteiger partial charge in [-0.2, -0.15) is 0 Å². The number of rotatable bonds is 12. The van der Waals surface area contributed by atoms with Crippen molar-refractivity contribution in [3.8, 4) is 0 Å². The van der Waals surface area contributed by atoms with E-state index in [0.29, 0.717) is 0 Å². The van der Waals surface area contributed by atoms with Gasteiger partial charge < -0.3 is 10.2 Å². The summed E-state index contributed by atoms with van der Waals surface area (Å²) in [6, 6.07) is 0.762. The van der Waals surface area contributed by atoms with E-state index in [1.54, 1.807) is 0 Å². The molecule has 0 aromatic rings. The van der Waals surface area contributed by atoms with Crippen molar-refractivity contribution in [2.45, 2.75) is 84.6 Å². The number of hydrogen-bond acceptors (Lipinski definition) is 2. The molecule has 1 unspecified atom stereocenters. The second-order valence-electron chi connectivity index (χ2n) is 7.07. The molecule has 1 saturated heterocycles. The standard InChI is InChI=1S/C18H38N2/c1-4-5-6-7-8-9-10-14-20(15-17(2)3)16-18-12-11-13-19-18/h17-19H,4-16H2,1-3H3. The Hall–Kier alpha value is -0.0800.